The Hall–Kier alpha value is -4.19. The molecule has 2 fully saturated rings. The largest absolute Gasteiger partial charge is 0.496 e. The number of fused-ring (bicyclic) bond motifs is 2. The summed E-state index contributed by atoms with van der Waals surface area (Å²) in [6, 6.07) is 17.2. The van der Waals surface area contributed by atoms with Gasteiger partial charge in [0.2, 0.25) is 0 Å². The number of amides is 1. The van der Waals surface area contributed by atoms with Gasteiger partial charge in [-0.2, -0.15) is 5.26 Å². The average Bonchev–Trinajstić information content (AvgIpc) is 3.69. The summed E-state index contributed by atoms with van der Waals surface area (Å²) in [5.41, 5.74) is 2.71. The molecule has 0 N–H and O–H groups in total. The van der Waals surface area contributed by atoms with E-state index in [0.29, 0.717) is 12.1 Å². The quantitative estimate of drug-likeness (QED) is 0.377. The molecule has 40 heavy (non-hydrogen) atoms. The topological polar surface area (TPSA) is 110 Å². The van der Waals surface area contributed by atoms with Crippen molar-refractivity contribution in [3.63, 3.8) is 0 Å². The van der Waals surface area contributed by atoms with Crippen LogP contribution in [0.1, 0.15) is 52.0 Å². The fraction of sp³-hybridized carbons (Fsp3) is 0.452. The zero-order valence-electron chi connectivity index (χ0n) is 23.4. The van der Waals surface area contributed by atoms with Gasteiger partial charge in [0.05, 0.1) is 37.0 Å². The Morgan fingerprint density at radius 1 is 1.12 bits per heavy atom. The van der Waals surface area contributed by atoms with Gasteiger partial charge in [0.1, 0.15) is 17.0 Å². The van der Waals surface area contributed by atoms with E-state index >= 15 is 0 Å². The van der Waals surface area contributed by atoms with Crippen LogP contribution in [0.4, 0.5) is 4.79 Å². The number of hydrogen-bond donors (Lipinski definition) is 0. The molecule has 2 aromatic carbocycles. The molecule has 2 aliphatic rings. The monoisotopic (exact) mass is 541 g/mol. The number of aromatic nitrogens is 3. The Morgan fingerprint density at radius 3 is 2.58 bits per heavy atom. The van der Waals surface area contributed by atoms with Crippen LogP contribution < -0.4 is 4.74 Å². The van der Waals surface area contributed by atoms with Gasteiger partial charge in [0.25, 0.3) is 0 Å². The van der Waals surface area contributed by atoms with Gasteiger partial charge in [-0.1, -0.05) is 29.5 Å². The van der Waals surface area contributed by atoms with Gasteiger partial charge in [0.15, 0.2) is 5.78 Å². The van der Waals surface area contributed by atoms with Gasteiger partial charge in [0, 0.05) is 18.0 Å². The highest BCUT2D eigenvalue weighted by Crippen LogP contribution is 2.44. The van der Waals surface area contributed by atoms with Crippen LogP contribution in [0.5, 0.6) is 5.75 Å². The predicted octanol–water partition coefficient (Wildman–Crippen LogP) is 5.37. The van der Waals surface area contributed by atoms with Gasteiger partial charge < -0.3 is 9.47 Å². The van der Waals surface area contributed by atoms with E-state index in [1.165, 1.54) is 0 Å². The molecule has 0 unspecified atom stereocenters. The third-order valence-electron chi connectivity index (χ3n) is 7.71. The minimum Gasteiger partial charge on any atom is -0.496 e. The van der Waals surface area contributed by atoms with Crippen molar-refractivity contribution >= 4 is 11.9 Å². The Balaban J connectivity index is 1.24. The molecule has 9 nitrogen and oxygen atoms in total. The third kappa shape index (κ3) is 5.71. The van der Waals surface area contributed by atoms with Crippen LogP contribution in [0.3, 0.4) is 0 Å². The fourth-order valence-corrected chi connectivity index (χ4v) is 5.95. The number of ether oxygens (including phenoxy) is 2. The van der Waals surface area contributed by atoms with Crippen molar-refractivity contribution in [1.29, 1.82) is 5.26 Å². The van der Waals surface area contributed by atoms with Crippen molar-refractivity contribution in [2.75, 3.05) is 7.11 Å². The molecule has 0 radical (unpaired) electrons. The molecule has 4 atom stereocenters. The van der Waals surface area contributed by atoms with Crippen LogP contribution in [-0.4, -0.2) is 56.6 Å². The summed E-state index contributed by atoms with van der Waals surface area (Å²) < 4.78 is 12.7. The number of benzene rings is 2. The standard InChI is InChI=1S/C31H35N5O4/c1-31(2,3)40-30(38)36-24-14-11-22(17-24)29(36)27(37)16-21(18-32)15-20-9-12-23(13-10-20)35-19-26(33-34-35)25-7-5-6-8-28(25)39-4/h5-10,12-13,19,21-22,24,29H,11,14-17H2,1-4H3/t21-,22+,24-,29+/m1/s1. The summed E-state index contributed by atoms with van der Waals surface area (Å²) in [6.07, 6.45) is 4.62. The summed E-state index contributed by atoms with van der Waals surface area (Å²) in [5, 5.41) is 18.4. The van der Waals surface area contributed by atoms with Crippen molar-refractivity contribution in [3.8, 4) is 28.8 Å². The van der Waals surface area contributed by atoms with Gasteiger partial charge >= 0.3 is 6.09 Å². The van der Waals surface area contributed by atoms with Crippen LogP contribution in [0.15, 0.2) is 54.7 Å². The molecule has 1 aliphatic heterocycles. The number of likely N-dealkylation sites (tertiary alicyclic amines) is 1. The minimum atomic E-state index is -0.629. The van der Waals surface area contributed by atoms with E-state index in [0.717, 1.165) is 41.8 Å². The lowest BCUT2D eigenvalue weighted by Gasteiger charge is -2.35. The van der Waals surface area contributed by atoms with E-state index in [4.69, 9.17) is 9.47 Å². The lowest BCUT2D eigenvalue weighted by molar-refractivity contribution is -0.126. The van der Waals surface area contributed by atoms with Gasteiger partial charge in [-0.25, -0.2) is 9.48 Å². The second-order valence-electron chi connectivity index (χ2n) is 11.7. The molecule has 3 aromatic rings. The number of nitriles is 1. The smallest absolute Gasteiger partial charge is 0.411 e. The van der Waals surface area contributed by atoms with Crippen LogP contribution in [0.2, 0.25) is 0 Å². The second kappa shape index (κ2) is 11.1. The van der Waals surface area contributed by atoms with Crippen molar-refractivity contribution < 1.29 is 19.1 Å². The predicted molar refractivity (Wildman–Crippen MR) is 149 cm³/mol. The maximum Gasteiger partial charge on any atom is 0.411 e. The van der Waals surface area contributed by atoms with Gasteiger partial charge in [-0.3, -0.25) is 9.69 Å². The number of Topliss-reactive ketones (excluding diaryl/α,β-unsaturated/α-hetero) is 1. The molecule has 1 aliphatic carbocycles. The highest BCUT2D eigenvalue weighted by atomic mass is 16.6. The summed E-state index contributed by atoms with van der Waals surface area (Å²) in [7, 11) is 1.62. The summed E-state index contributed by atoms with van der Waals surface area (Å²) in [6.45, 7) is 5.49. The lowest BCUT2D eigenvalue weighted by Crippen LogP contribution is -2.51. The number of piperidine rings is 1. The highest BCUT2D eigenvalue weighted by molar-refractivity contribution is 5.89. The van der Waals surface area contributed by atoms with Crippen molar-refractivity contribution in [2.45, 2.75) is 70.6 Å². The van der Waals surface area contributed by atoms with Crippen molar-refractivity contribution in [2.24, 2.45) is 11.8 Å². The maximum atomic E-state index is 13.5. The minimum absolute atomic E-state index is 0.0437. The molecule has 1 aromatic heterocycles. The number of hydrogen-bond acceptors (Lipinski definition) is 7. The average molecular weight is 542 g/mol. The summed E-state index contributed by atoms with van der Waals surface area (Å²) in [5.74, 6) is 0.336. The van der Waals surface area contributed by atoms with Crippen molar-refractivity contribution in [1.82, 2.24) is 19.9 Å². The number of rotatable bonds is 8. The van der Waals surface area contributed by atoms with E-state index in [1.54, 1.807) is 16.7 Å². The summed E-state index contributed by atoms with van der Waals surface area (Å²) in [4.78, 5) is 28.1. The SMILES string of the molecule is COc1ccccc1-c1cn(-c2ccc(C[C@@H](C#N)CC(=O)[C@@H]3[C@H]4CC[C@H](C4)N3C(=O)OC(C)(C)C)cc2)nn1. The first-order chi connectivity index (χ1) is 19.2. The van der Waals surface area contributed by atoms with E-state index in [1.807, 2.05) is 75.5 Å². The molecule has 2 heterocycles. The molecule has 1 saturated heterocycles. The van der Waals surface area contributed by atoms with Crippen molar-refractivity contribution in [3.05, 3.63) is 60.3 Å². The Bertz CT molecular complexity index is 1420. The van der Waals surface area contributed by atoms with Crippen LogP contribution in [0, 0.1) is 23.2 Å². The molecule has 2 bridgehead atoms. The van der Waals surface area contributed by atoms with E-state index in [-0.39, 0.29) is 24.2 Å². The highest BCUT2D eigenvalue weighted by Gasteiger charge is 2.52. The Morgan fingerprint density at radius 2 is 1.88 bits per heavy atom. The fourth-order valence-electron chi connectivity index (χ4n) is 5.95. The number of methoxy groups -OCH3 is 1. The first-order valence-electron chi connectivity index (χ1n) is 13.8. The Labute approximate surface area is 234 Å². The molecule has 208 valence electrons. The molecular weight excluding hydrogens is 506 g/mol. The molecule has 9 heteroatoms. The van der Waals surface area contributed by atoms with E-state index in [9.17, 15) is 14.9 Å². The van der Waals surface area contributed by atoms with Crippen LogP contribution in [0.25, 0.3) is 16.9 Å². The zero-order valence-corrected chi connectivity index (χ0v) is 23.4. The maximum absolute atomic E-state index is 13.5. The summed E-state index contributed by atoms with van der Waals surface area (Å²) >= 11 is 0. The van der Waals surface area contributed by atoms with Gasteiger partial charge in [-0.15, -0.1) is 5.10 Å². The number of nitrogens with zero attached hydrogens (tertiary/aromatic N) is 5. The molecule has 5 rings (SSSR count). The molecular formula is C31H35N5O4. The third-order valence-corrected chi connectivity index (χ3v) is 7.71. The second-order valence-corrected chi connectivity index (χ2v) is 11.7. The zero-order chi connectivity index (χ0) is 28.4. The lowest BCUT2D eigenvalue weighted by atomic mass is 9.88. The first-order valence-corrected chi connectivity index (χ1v) is 13.8. The number of ketones is 1. The molecule has 0 spiro atoms. The number of para-hydroxylation sites is 1. The molecule has 1 amide bonds. The van der Waals surface area contributed by atoms with E-state index in [2.05, 4.69) is 16.4 Å². The van der Waals surface area contributed by atoms with Crippen LogP contribution in [-0.2, 0) is 16.0 Å². The number of carbonyl (C=O) groups is 2. The normalized spacial score (nSPS) is 20.7. The Kier molecular flexibility index (Phi) is 7.61. The van der Waals surface area contributed by atoms with Crippen LogP contribution >= 0.6 is 0 Å². The first kappa shape index (κ1) is 27.4. The number of carbonyl (C=O) groups excluding carboxylic acids is 2. The molecule has 1 saturated carbocycles. The van der Waals surface area contributed by atoms with E-state index < -0.39 is 23.7 Å². The van der Waals surface area contributed by atoms with Gasteiger partial charge in [-0.05, 0) is 82.2 Å².